The molecule has 0 N–H and O–H groups in total. The zero-order valence-corrected chi connectivity index (χ0v) is 20.8. The van der Waals surface area contributed by atoms with Gasteiger partial charge < -0.3 is 23.5 Å². The van der Waals surface area contributed by atoms with Gasteiger partial charge in [0.05, 0.1) is 38.3 Å². The molecule has 2 heterocycles. The lowest BCUT2D eigenvalue weighted by atomic mass is 9.97. The molecule has 1 aliphatic heterocycles. The molecule has 0 saturated carbocycles. The molecule has 184 valence electrons. The average molecular weight is 506 g/mol. The maximum atomic E-state index is 13.8. The highest BCUT2D eigenvalue weighted by Gasteiger charge is 2.43. The van der Waals surface area contributed by atoms with Crippen LogP contribution in [0.3, 0.4) is 0 Å². The summed E-state index contributed by atoms with van der Waals surface area (Å²) in [7, 11) is 4.56. The van der Waals surface area contributed by atoms with Gasteiger partial charge in [-0.15, -0.1) is 0 Å². The molecule has 0 unspecified atom stereocenters. The first kappa shape index (κ1) is 23.8. The molecule has 1 atom stereocenters. The van der Waals surface area contributed by atoms with Gasteiger partial charge in [-0.25, -0.2) is 0 Å². The Morgan fingerprint density at radius 2 is 1.61 bits per heavy atom. The first-order valence-electron chi connectivity index (χ1n) is 11.4. The molecular weight excluding hydrogens is 482 g/mol. The van der Waals surface area contributed by atoms with Crippen LogP contribution < -0.4 is 19.6 Å². The summed E-state index contributed by atoms with van der Waals surface area (Å²) in [5.74, 6) is 0.935. The smallest absolute Gasteiger partial charge is 0.290 e. The number of rotatable bonds is 7. The Hall–Kier alpha value is -3.97. The van der Waals surface area contributed by atoms with Crippen LogP contribution in [0.25, 0.3) is 11.0 Å². The van der Waals surface area contributed by atoms with Crippen molar-refractivity contribution in [2.45, 2.75) is 12.5 Å². The van der Waals surface area contributed by atoms with Crippen LogP contribution in [0.2, 0.25) is 5.02 Å². The van der Waals surface area contributed by atoms with E-state index in [4.69, 9.17) is 30.2 Å². The SMILES string of the molecule is COc1cc([C@@H]2c3c(oc4ccc(Cl)cc4c3=O)C(=O)N2CCc2ccccc2)cc(OC)c1OC. The summed E-state index contributed by atoms with van der Waals surface area (Å²) in [6.07, 6.45) is 0.598. The summed E-state index contributed by atoms with van der Waals surface area (Å²) >= 11 is 6.18. The number of benzene rings is 3. The number of ether oxygens (including phenoxy) is 3. The standard InChI is InChI=1S/C28H24ClNO6/c1-33-21-13-17(14-22(34-2)26(21)35-3)24-23-25(31)19-15-18(29)9-10-20(19)36-27(23)28(32)30(24)12-11-16-7-5-4-6-8-16/h4-10,13-15,24H,11-12H2,1-3H3/t24-/m1/s1. The van der Waals surface area contributed by atoms with Crippen molar-refractivity contribution in [2.75, 3.05) is 27.9 Å². The van der Waals surface area contributed by atoms with Gasteiger partial charge in [0.25, 0.3) is 5.91 Å². The van der Waals surface area contributed by atoms with E-state index >= 15 is 0 Å². The van der Waals surface area contributed by atoms with Crippen molar-refractivity contribution in [3.63, 3.8) is 0 Å². The minimum absolute atomic E-state index is 0.0293. The van der Waals surface area contributed by atoms with Crippen LogP contribution in [0.5, 0.6) is 17.2 Å². The number of halogens is 1. The van der Waals surface area contributed by atoms with Crippen molar-refractivity contribution in [2.24, 2.45) is 0 Å². The van der Waals surface area contributed by atoms with Gasteiger partial charge in [0, 0.05) is 11.6 Å². The maximum Gasteiger partial charge on any atom is 0.290 e. The molecule has 0 radical (unpaired) electrons. The number of methoxy groups -OCH3 is 3. The number of carbonyl (C=O) groups excluding carboxylic acids is 1. The van der Waals surface area contributed by atoms with E-state index in [-0.39, 0.29) is 22.7 Å². The van der Waals surface area contributed by atoms with E-state index in [1.165, 1.54) is 21.3 Å². The summed E-state index contributed by atoms with van der Waals surface area (Å²) in [5.41, 5.74) is 1.98. The zero-order chi connectivity index (χ0) is 25.4. The third-order valence-electron chi connectivity index (χ3n) is 6.41. The van der Waals surface area contributed by atoms with Gasteiger partial charge in [-0.3, -0.25) is 9.59 Å². The lowest BCUT2D eigenvalue weighted by Crippen LogP contribution is -2.31. The first-order chi connectivity index (χ1) is 17.5. The number of fused-ring (bicyclic) bond motifs is 2. The normalized spacial score (nSPS) is 14.7. The Morgan fingerprint density at radius 1 is 0.917 bits per heavy atom. The number of hydrogen-bond acceptors (Lipinski definition) is 6. The fourth-order valence-electron chi connectivity index (χ4n) is 4.72. The first-order valence-corrected chi connectivity index (χ1v) is 11.8. The van der Waals surface area contributed by atoms with E-state index in [9.17, 15) is 9.59 Å². The minimum Gasteiger partial charge on any atom is -0.493 e. The van der Waals surface area contributed by atoms with Crippen LogP contribution >= 0.6 is 11.6 Å². The Kier molecular flexibility index (Phi) is 6.33. The van der Waals surface area contributed by atoms with Gasteiger partial charge in [0.15, 0.2) is 16.9 Å². The fraction of sp³-hybridized carbons (Fsp3) is 0.214. The van der Waals surface area contributed by atoms with E-state index < -0.39 is 6.04 Å². The van der Waals surface area contributed by atoms with Crippen molar-refractivity contribution >= 4 is 28.5 Å². The second kappa shape index (κ2) is 9.59. The molecule has 8 heteroatoms. The second-order valence-electron chi connectivity index (χ2n) is 8.41. The molecule has 0 saturated heterocycles. The molecule has 0 spiro atoms. The topological polar surface area (TPSA) is 78.2 Å². The lowest BCUT2D eigenvalue weighted by Gasteiger charge is -2.26. The third-order valence-corrected chi connectivity index (χ3v) is 6.65. The van der Waals surface area contributed by atoms with Crippen LogP contribution in [0, 0.1) is 0 Å². The molecule has 1 amide bonds. The van der Waals surface area contributed by atoms with E-state index in [0.29, 0.717) is 51.8 Å². The van der Waals surface area contributed by atoms with E-state index in [1.54, 1.807) is 35.2 Å². The highest BCUT2D eigenvalue weighted by Crippen LogP contribution is 2.45. The Labute approximate surface area is 212 Å². The molecule has 0 bridgehead atoms. The predicted molar refractivity (Wildman–Crippen MR) is 137 cm³/mol. The highest BCUT2D eigenvalue weighted by atomic mass is 35.5. The summed E-state index contributed by atoms with van der Waals surface area (Å²) in [5, 5.41) is 0.723. The van der Waals surface area contributed by atoms with Crippen LogP contribution in [0.15, 0.2) is 69.9 Å². The molecule has 1 aromatic heterocycles. The van der Waals surface area contributed by atoms with Crippen molar-refractivity contribution < 1.29 is 23.4 Å². The van der Waals surface area contributed by atoms with Gasteiger partial charge in [-0.2, -0.15) is 0 Å². The second-order valence-corrected chi connectivity index (χ2v) is 8.85. The zero-order valence-electron chi connectivity index (χ0n) is 20.0. The quantitative estimate of drug-likeness (QED) is 0.341. The van der Waals surface area contributed by atoms with Crippen LogP contribution in [-0.4, -0.2) is 38.7 Å². The molecule has 3 aromatic carbocycles. The molecule has 1 aliphatic rings. The van der Waals surface area contributed by atoms with Crippen molar-refractivity contribution in [3.05, 3.63) is 98.4 Å². The summed E-state index contributed by atoms with van der Waals surface area (Å²) < 4.78 is 22.6. The average Bonchev–Trinajstić information content (AvgIpc) is 3.19. The minimum atomic E-state index is -0.718. The summed E-state index contributed by atoms with van der Waals surface area (Å²) in [6.45, 7) is 0.366. The number of carbonyl (C=O) groups is 1. The Balaban J connectivity index is 1.71. The van der Waals surface area contributed by atoms with Crippen LogP contribution in [0.1, 0.15) is 33.3 Å². The largest absolute Gasteiger partial charge is 0.493 e. The molecule has 5 rings (SSSR count). The predicted octanol–water partition coefficient (Wildman–Crippen LogP) is 5.26. The number of hydrogen-bond donors (Lipinski definition) is 0. The van der Waals surface area contributed by atoms with Gasteiger partial charge in [0.2, 0.25) is 11.5 Å². The summed E-state index contributed by atoms with van der Waals surface area (Å²) in [4.78, 5) is 29.1. The van der Waals surface area contributed by atoms with Crippen LogP contribution in [-0.2, 0) is 6.42 Å². The Bertz CT molecular complexity index is 1490. The molecule has 0 aliphatic carbocycles. The summed E-state index contributed by atoms with van der Waals surface area (Å²) in [6, 6.07) is 17.4. The highest BCUT2D eigenvalue weighted by molar-refractivity contribution is 6.31. The van der Waals surface area contributed by atoms with Crippen molar-refractivity contribution in [3.8, 4) is 17.2 Å². The van der Waals surface area contributed by atoms with Crippen molar-refractivity contribution in [1.29, 1.82) is 0 Å². The van der Waals surface area contributed by atoms with Crippen molar-refractivity contribution in [1.82, 2.24) is 4.90 Å². The lowest BCUT2D eigenvalue weighted by molar-refractivity contribution is 0.0729. The van der Waals surface area contributed by atoms with Gasteiger partial charge in [-0.05, 0) is 47.9 Å². The van der Waals surface area contributed by atoms with E-state index in [0.717, 1.165) is 5.56 Å². The van der Waals surface area contributed by atoms with Crippen LogP contribution in [0.4, 0.5) is 0 Å². The third kappa shape index (κ3) is 3.95. The van der Waals surface area contributed by atoms with E-state index in [2.05, 4.69) is 0 Å². The molecule has 0 fully saturated rings. The van der Waals surface area contributed by atoms with E-state index in [1.807, 2.05) is 30.3 Å². The van der Waals surface area contributed by atoms with Gasteiger partial charge >= 0.3 is 0 Å². The molecule has 36 heavy (non-hydrogen) atoms. The number of nitrogens with zero attached hydrogens (tertiary/aromatic N) is 1. The Morgan fingerprint density at radius 3 is 2.25 bits per heavy atom. The van der Waals surface area contributed by atoms with Gasteiger partial charge in [0.1, 0.15) is 5.58 Å². The molecular formula is C28H24ClNO6. The number of amides is 1. The van der Waals surface area contributed by atoms with Gasteiger partial charge in [-0.1, -0.05) is 41.9 Å². The fourth-order valence-corrected chi connectivity index (χ4v) is 4.90. The molecule has 4 aromatic rings. The molecule has 7 nitrogen and oxygen atoms in total. The monoisotopic (exact) mass is 505 g/mol. The maximum absolute atomic E-state index is 13.8.